The van der Waals surface area contributed by atoms with Crippen LogP contribution in [0.3, 0.4) is 0 Å². The molecule has 0 aliphatic carbocycles. The lowest BCUT2D eigenvalue weighted by atomic mass is 10.3. The lowest BCUT2D eigenvalue weighted by Crippen LogP contribution is -2.11. The van der Waals surface area contributed by atoms with Gasteiger partial charge < -0.3 is 5.32 Å². The van der Waals surface area contributed by atoms with E-state index in [0.29, 0.717) is 6.42 Å². The van der Waals surface area contributed by atoms with Crippen LogP contribution in [0.15, 0.2) is 57.9 Å². The Hall–Kier alpha value is -1.33. The number of rotatable bonds is 6. The van der Waals surface area contributed by atoms with Gasteiger partial charge in [0.15, 0.2) is 0 Å². The van der Waals surface area contributed by atoms with E-state index in [2.05, 4.69) is 21.2 Å². The predicted molar refractivity (Wildman–Crippen MR) is 89.1 cm³/mol. The molecular weight excluding hydrogens is 353 g/mol. The largest absolute Gasteiger partial charge is 0.326 e. The van der Waals surface area contributed by atoms with Gasteiger partial charge in [-0.1, -0.05) is 22.0 Å². The molecule has 21 heavy (non-hydrogen) atoms. The van der Waals surface area contributed by atoms with Crippen molar-refractivity contribution < 1.29 is 9.18 Å². The Morgan fingerprint density at radius 1 is 1.19 bits per heavy atom. The second-order valence-corrected chi connectivity index (χ2v) is 6.55. The summed E-state index contributed by atoms with van der Waals surface area (Å²) in [6, 6.07) is 13.9. The second-order valence-electron chi connectivity index (χ2n) is 4.46. The SMILES string of the molecule is O=C(CCCSc1ccc(F)cc1)Nc1cccc(Br)c1. The first kappa shape index (κ1) is 16.0. The molecule has 5 heteroatoms. The molecule has 0 saturated heterocycles. The van der Waals surface area contributed by atoms with Crippen molar-refractivity contribution in [2.45, 2.75) is 17.7 Å². The van der Waals surface area contributed by atoms with Gasteiger partial charge in [0.1, 0.15) is 5.82 Å². The zero-order valence-corrected chi connectivity index (χ0v) is 13.7. The average molecular weight is 368 g/mol. The van der Waals surface area contributed by atoms with Gasteiger partial charge in [0, 0.05) is 21.5 Å². The zero-order chi connectivity index (χ0) is 15.1. The minimum atomic E-state index is -0.229. The minimum Gasteiger partial charge on any atom is -0.326 e. The molecule has 1 amide bonds. The van der Waals surface area contributed by atoms with Crippen molar-refractivity contribution in [1.29, 1.82) is 0 Å². The molecule has 0 heterocycles. The number of amides is 1. The summed E-state index contributed by atoms with van der Waals surface area (Å²) < 4.78 is 13.7. The molecule has 0 bridgehead atoms. The summed E-state index contributed by atoms with van der Waals surface area (Å²) in [6.45, 7) is 0. The van der Waals surface area contributed by atoms with Gasteiger partial charge in [-0.25, -0.2) is 4.39 Å². The predicted octanol–water partition coefficient (Wildman–Crippen LogP) is 5.10. The van der Waals surface area contributed by atoms with E-state index < -0.39 is 0 Å². The van der Waals surface area contributed by atoms with Crippen molar-refractivity contribution in [1.82, 2.24) is 0 Å². The number of carbonyl (C=O) groups is 1. The van der Waals surface area contributed by atoms with Crippen LogP contribution in [0.25, 0.3) is 0 Å². The quantitative estimate of drug-likeness (QED) is 0.568. The van der Waals surface area contributed by atoms with E-state index in [1.807, 2.05) is 24.3 Å². The van der Waals surface area contributed by atoms with Gasteiger partial charge >= 0.3 is 0 Å². The summed E-state index contributed by atoms with van der Waals surface area (Å²) in [6.07, 6.45) is 1.25. The maximum atomic E-state index is 12.8. The number of anilines is 1. The smallest absolute Gasteiger partial charge is 0.224 e. The average Bonchev–Trinajstić information content (AvgIpc) is 2.45. The topological polar surface area (TPSA) is 29.1 Å². The lowest BCUT2D eigenvalue weighted by Gasteiger charge is -2.05. The van der Waals surface area contributed by atoms with Crippen molar-refractivity contribution in [3.8, 4) is 0 Å². The number of hydrogen-bond acceptors (Lipinski definition) is 2. The maximum absolute atomic E-state index is 12.8. The number of carbonyl (C=O) groups excluding carboxylic acids is 1. The third-order valence-electron chi connectivity index (χ3n) is 2.74. The van der Waals surface area contributed by atoms with E-state index in [4.69, 9.17) is 0 Å². The van der Waals surface area contributed by atoms with Crippen LogP contribution in [-0.4, -0.2) is 11.7 Å². The Morgan fingerprint density at radius 3 is 2.67 bits per heavy atom. The number of hydrogen-bond donors (Lipinski definition) is 1. The Labute approximate surface area is 136 Å². The molecule has 0 unspecified atom stereocenters. The summed E-state index contributed by atoms with van der Waals surface area (Å²) >= 11 is 4.99. The molecule has 2 aromatic carbocycles. The van der Waals surface area contributed by atoms with E-state index in [9.17, 15) is 9.18 Å². The summed E-state index contributed by atoms with van der Waals surface area (Å²) in [5.41, 5.74) is 0.792. The van der Waals surface area contributed by atoms with Gasteiger partial charge in [-0.05, 0) is 54.6 Å². The van der Waals surface area contributed by atoms with Gasteiger partial charge in [-0.15, -0.1) is 11.8 Å². The van der Waals surface area contributed by atoms with E-state index in [1.165, 1.54) is 12.1 Å². The van der Waals surface area contributed by atoms with Crippen LogP contribution in [0.2, 0.25) is 0 Å². The molecule has 0 radical (unpaired) electrons. The first-order valence-electron chi connectivity index (χ1n) is 6.57. The normalized spacial score (nSPS) is 10.4. The third kappa shape index (κ3) is 5.89. The zero-order valence-electron chi connectivity index (χ0n) is 11.3. The van der Waals surface area contributed by atoms with Crippen LogP contribution in [0.1, 0.15) is 12.8 Å². The molecular formula is C16H15BrFNOS. The highest BCUT2D eigenvalue weighted by atomic mass is 79.9. The monoisotopic (exact) mass is 367 g/mol. The summed E-state index contributed by atoms with van der Waals surface area (Å²) in [5.74, 6) is 0.609. The fourth-order valence-electron chi connectivity index (χ4n) is 1.74. The Morgan fingerprint density at radius 2 is 1.95 bits per heavy atom. The lowest BCUT2D eigenvalue weighted by molar-refractivity contribution is -0.116. The van der Waals surface area contributed by atoms with Crippen molar-refractivity contribution in [2.24, 2.45) is 0 Å². The first-order valence-corrected chi connectivity index (χ1v) is 8.35. The molecule has 0 aliphatic rings. The van der Waals surface area contributed by atoms with E-state index in [-0.39, 0.29) is 11.7 Å². The molecule has 2 aromatic rings. The van der Waals surface area contributed by atoms with E-state index in [0.717, 1.165) is 27.2 Å². The van der Waals surface area contributed by atoms with Gasteiger partial charge in [0.25, 0.3) is 0 Å². The molecule has 0 aliphatic heterocycles. The van der Waals surface area contributed by atoms with Gasteiger partial charge in [0.2, 0.25) is 5.91 Å². The maximum Gasteiger partial charge on any atom is 0.224 e. The molecule has 0 atom stereocenters. The summed E-state index contributed by atoms with van der Waals surface area (Å²) in [7, 11) is 0. The second kappa shape index (κ2) is 8.20. The van der Waals surface area contributed by atoms with Crippen LogP contribution in [0, 0.1) is 5.82 Å². The molecule has 2 nitrogen and oxygen atoms in total. The third-order valence-corrected chi connectivity index (χ3v) is 4.33. The standard InChI is InChI=1S/C16H15BrFNOS/c17-12-3-1-4-14(11-12)19-16(20)5-2-10-21-15-8-6-13(18)7-9-15/h1,3-4,6-9,11H,2,5,10H2,(H,19,20). The van der Waals surface area contributed by atoms with Crippen LogP contribution >= 0.6 is 27.7 Å². The van der Waals surface area contributed by atoms with Crippen molar-refractivity contribution >= 4 is 39.3 Å². The van der Waals surface area contributed by atoms with Crippen LogP contribution in [0.4, 0.5) is 10.1 Å². The molecule has 0 fully saturated rings. The fourth-order valence-corrected chi connectivity index (χ4v) is 3.00. The van der Waals surface area contributed by atoms with Gasteiger partial charge in [-0.2, -0.15) is 0 Å². The van der Waals surface area contributed by atoms with Crippen LogP contribution in [-0.2, 0) is 4.79 Å². The van der Waals surface area contributed by atoms with Crippen LogP contribution < -0.4 is 5.32 Å². The number of nitrogens with one attached hydrogen (secondary N) is 1. The van der Waals surface area contributed by atoms with Gasteiger partial charge in [0.05, 0.1) is 0 Å². The van der Waals surface area contributed by atoms with Crippen molar-refractivity contribution in [3.05, 3.63) is 58.8 Å². The highest BCUT2D eigenvalue weighted by Gasteiger charge is 2.03. The fraction of sp³-hybridized carbons (Fsp3) is 0.188. The van der Waals surface area contributed by atoms with E-state index >= 15 is 0 Å². The molecule has 2 rings (SSSR count). The highest BCUT2D eigenvalue weighted by Crippen LogP contribution is 2.20. The minimum absolute atomic E-state index is 0.00723. The highest BCUT2D eigenvalue weighted by molar-refractivity contribution is 9.10. The number of benzene rings is 2. The Bertz CT molecular complexity index is 603. The van der Waals surface area contributed by atoms with Crippen molar-refractivity contribution in [2.75, 3.05) is 11.1 Å². The molecule has 0 spiro atoms. The van der Waals surface area contributed by atoms with Crippen molar-refractivity contribution in [3.63, 3.8) is 0 Å². The molecule has 110 valence electrons. The van der Waals surface area contributed by atoms with Crippen LogP contribution in [0.5, 0.6) is 0 Å². The molecule has 0 aromatic heterocycles. The van der Waals surface area contributed by atoms with E-state index in [1.54, 1.807) is 23.9 Å². The number of thioether (sulfide) groups is 1. The summed E-state index contributed by atoms with van der Waals surface area (Å²) in [5, 5.41) is 2.86. The Kier molecular flexibility index (Phi) is 6.26. The van der Waals surface area contributed by atoms with Gasteiger partial charge in [-0.3, -0.25) is 4.79 Å². The molecule has 0 saturated carbocycles. The summed E-state index contributed by atoms with van der Waals surface area (Å²) in [4.78, 5) is 12.8. The number of halogens is 2. The Balaban J connectivity index is 1.68. The first-order chi connectivity index (χ1) is 10.1. The molecule has 1 N–H and O–H groups in total.